The minimum absolute atomic E-state index is 0.0513. The van der Waals surface area contributed by atoms with Crippen LogP contribution in [-0.2, 0) is 38.1 Å². The van der Waals surface area contributed by atoms with E-state index in [1.165, 1.54) is 30.3 Å². The maximum absolute atomic E-state index is 14.0. The number of esters is 4. The lowest BCUT2D eigenvalue weighted by Gasteiger charge is -2.24. The normalized spacial score (nSPS) is 13.8. The van der Waals surface area contributed by atoms with Crippen LogP contribution in [0.1, 0.15) is 56.7 Å². The van der Waals surface area contributed by atoms with E-state index < -0.39 is 47.1 Å². The molecule has 12 heteroatoms. The molecular weight excluding hydrogens is 621 g/mol. The van der Waals surface area contributed by atoms with Gasteiger partial charge in [-0.05, 0) is 91.4 Å². The van der Waals surface area contributed by atoms with Crippen LogP contribution >= 0.6 is 0 Å². The fourth-order valence-electron chi connectivity index (χ4n) is 4.68. The van der Waals surface area contributed by atoms with E-state index in [-0.39, 0.29) is 23.8 Å². The second-order valence-electron chi connectivity index (χ2n) is 10.4. The minimum Gasteiger partial charge on any atom is -0.494 e. The lowest BCUT2D eigenvalue weighted by atomic mass is 9.88. The monoisotopic (exact) mass is 652 g/mol. The van der Waals surface area contributed by atoms with Gasteiger partial charge in [-0.1, -0.05) is 19.2 Å². The number of fused-ring (bicyclic) bond motifs is 1. The highest BCUT2D eigenvalue weighted by atomic mass is 19.4. The molecule has 1 aliphatic carbocycles. The molecule has 0 N–H and O–H groups in total. The molecule has 4 rings (SSSR count). The predicted molar refractivity (Wildman–Crippen MR) is 162 cm³/mol. The van der Waals surface area contributed by atoms with E-state index >= 15 is 0 Å². The quantitative estimate of drug-likeness (QED) is 0.0870. The fraction of sp³-hybridized carbons (Fsp3) is 0.257. The molecule has 1 aliphatic rings. The van der Waals surface area contributed by atoms with Crippen LogP contribution in [0.3, 0.4) is 0 Å². The van der Waals surface area contributed by atoms with Crippen molar-refractivity contribution in [3.05, 3.63) is 114 Å². The van der Waals surface area contributed by atoms with Crippen molar-refractivity contribution in [2.45, 2.75) is 44.4 Å². The Hall–Kier alpha value is -5.39. The lowest BCUT2D eigenvalue weighted by molar-refractivity contribution is -0.143. The minimum atomic E-state index is -4.93. The highest BCUT2D eigenvalue weighted by molar-refractivity contribution is 5.92. The topological polar surface area (TPSA) is 114 Å². The third kappa shape index (κ3) is 9.80. The Balaban J connectivity index is 1.36. The number of rotatable bonds is 13. The second kappa shape index (κ2) is 15.7. The molecule has 246 valence electrons. The van der Waals surface area contributed by atoms with Crippen molar-refractivity contribution in [2.75, 3.05) is 13.2 Å². The molecule has 9 nitrogen and oxygen atoms in total. The van der Waals surface area contributed by atoms with Crippen LogP contribution in [0.4, 0.5) is 13.2 Å². The van der Waals surface area contributed by atoms with Gasteiger partial charge in [0, 0.05) is 18.6 Å². The number of unbranched alkanes of at least 4 members (excludes halogenated alkanes) is 1. The van der Waals surface area contributed by atoms with Crippen molar-refractivity contribution in [3.63, 3.8) is 0 Å². The van der Waals surface area contributed by atoms with E-state index in [1.807, 2.05) is 0 Å². The zero-order valence-electron chi connectivity index (χ0n) is 25.2. The zero-order chi connectivity index (χ0) is 34.0. The van der Waals surface area contributed by atoms with E-state index in [9.17, 15) is 32.3 Å². The lowest BCUT2D eigenvalue weighted by Crippen LogP contribution is -2.25. The number of aryl methyl sites for hydroxylation is 1. The number of ether oxygens (including phenoxy) is 5. The van der Waals surface area contributed by atoms with E-state index in [0.717, 1.165) is 35.4 Å². The second-order valence-corrected chi connectivity index (χ2v) is 10.4. The van der Waals surface area contributed by atoms with Gasteiger partial charge < -0.3 is 23.7 Å². The summed E-state index contributed by atoms with van der Waals surface area (Å²) in [6, 6.07) is 13.0. The van der Waals surface area contributed by atoms with Crippen molar-refractivity contribution in [1.29, 1.82) is 0 Å². The Labute approximate surface area is 268 Å². The Morgan fingerprint density at radius 1 is 0.766 bits per heavy atom. The van der Waals surface area contributed by atoms with Crippen molar-refractivity contribution in [2.24, 2.45) is 0 Å². The molecule has 0 amide bonds. The Morgan fingerprint density at radius 3 is 2.13 bits per heavy atom. The molecule has 47 heavy (non-hydrogen) atoms. The Bertz CT molecular complexity index is 1640. The molecule has 1 atom stereocenters. The van der Waals surface area contributed by atoms with Gasteiger partial charge in [0.2, 0.25) is 0 Å². The van der Waals surface area contributed by atoms with Crippen LogP contribution in [0.2, 0.25) is 0 Å². The summed E-state index contributed by atoms with van der Waals surface area (Å²) in [6.07, 6.45) is -0.505. The summed E-state index contributed by atoms with van der Waals surface area (Å²) in [5, 5.41) is 0. The highest BCUT2D eigenvalue weighted by Gasteiger charge is 2.36. The molecule has 0 bridgehead atoms. The van der Waals surface area contributed by atoms with Crippen molar-refractivity contribution in [3.8, 4) is 17.2 Å². The van der Waals surface area contributed by atoms with Gasteiger partial charge in [-0.15, -0.1) is 0 Å². The van der Waals surface area contributed by atoms with Gasteiger partial charge in [-0.3, -0.25) is 0 Å². The third-order valence-corrected chi connectivity index (χ3v) is 7.05. The fourth-order valence-corrected chi connectivity index (χ4v) is 4.68. The van der Waals surface area contributed by atoms with Crippen LogP contribution in [0.15, 0.2) is 86.0 Å². The molecule has 0 fully saturated rings. The number of carbonyl (C=O) groups excluding carboxylic acids is 4. The summed E-state index contributed by atoms with van der Waals surface area (Å²) in [4.78, 5) is 48.0. The van der Waals surface area contributed by atoms with Crippen molar-refractivity contribution >= 4 is 23.9 Å². The number of hydrogen-bond donors (Lipinski definition) is 0. The summed E-state index contributed by atoms with van der Waals surface area (Å²) in [5.74, 6) is -3.65. The molecule has 0 saturated heterocycles. The van der Waals surface area contributed by atoms with Crippen molar-refractivity contribution in [1.82, 2.24) is 0 Å². The summed E-state index contributed by atoms with van der Waals surface area (Å²) >= 11 is 0. The summed E-state index contributed by atoms with van der Waals surface area (Å²) in [6.45, 7) is 7.24. The van der Waals surface area contributed by atoms with Gasteiger partial charge in [-0.2, -0.15) is 13.2 Å². The highest BCUT2D eigenvalue weighted by Crippen LogP contribution is 2.39. The Morgan fingerprint density at radius 2 is 1.43 bits per heavy atom. The first-order valence-corrected chi connectivity index (χ1v) is 14.6. The molecule has 0 heterocycles. The molecule has 0 aromatic heterocycles. The maximum Gasteiger partial charge on any atom is 0.420 e. The van der Waals surface area contributed by atoms with Gasteiger partial charge in [-0.25, -0.2) is 19.2 Å². The van der Waals surface area contributed by atoms with Crippen molar-refractivity contribution < 1.29 is 56.0 Å². The van der Waals surface area contributed by atoms with Crippen LogP contribution in [0.5, 0.6) is 17.2 Å². The third-order valence-electron chi connectivity index (χ3n) is 7.05. The van der Waals surface area contributed by atoms with Crippen LogP contribution < -0.4 is 14.2 Å². The first-order chi connectivity index (χ1) is 22.5. The molecule has 0 saturated carbocycles. The number of benzene rings is 3. The van der Waals surface area contributed by atoms with E-state index in [0.29, 0.717) is 50.5 Å². The molecule has 3 aromatic rings. The number of hydrogen-bond acceptors (Lipinski definition) is 9. The maximum atomic E-state index is 14.0. The van der Waals surface area contributed by atoms with Gasteiger partial charge in [0.25, 0.3) is 0 Å². The molecule has 1 unspecified atom stereocenters. The molecule has 0 radical (unpaired) electrons. The van der Waals surface area contributed by atoms with E-state index in [1.54, 1.807) is 12.1 Å². The summed E-state index contributed by atoms with van der Waals surface area (Å²) in [7, 11) is 0. The number of carbonyl (C=O) groups is 4. The van der Waals surface area contributed by atoms with Crippen LogP contribution in [0.25, 0.3) is 0 Å². The predicted octanol–water partition coefficient (Wildman–Crippen LogP) is 6.62. The zero-order valence-corrected chi connectivity index (χ0v) is 25.2. The average molecular weight is 653 g/mol. The SMILES string of the molecule is C=CC(=O)OCCCCOc1ccc(C(=O)Oc2ccc(OC(=O)c3ccc4c(c3)CCC(OC(=O)C=C)C4)c(C(F)(F)F)c2)cc1. The van der Waals surface area contributed by atoms with Gasteiger partial charge in [0.05, 0.1) is 24.3 Å². The first-order valence-electron chi connectivity index (χ1n) is 14.6. The number of alkyl halides is 3. The van der Waals surface area contributed by atoms with Crippen LogP contribution in [0, 0.1) is 0 Å². The van der Waals surface area contributed by atoms with Gasteiger partial charge in [0.15, 0.2) is 0 Å². The van der Waals surface area contributed by atoms with Crippen LogP contribution in [-0.4, -0.2) is 43.2 Å². The first kappa shape index (κ1) is 34.5. The molecule has 3 aromatic carbocycles. The molecular formula is C35H31F3O9. The standard InChI is InChI=1S/C35H31F3O9/c1-3-31(39)44-18-6-5-17-43-26-12-9-22(10-13-26)33(41)46-28-15-16-30(29(21-28)35(36,37)38)47-34(42)25-8-7-24-20-27(45-32(40)4-2)14-11-23(24)19-25/h3-4,7-10,12-13,15-16,19,21,27H,1-2,5-6,11,14,17-18,20H2. The number of halogens is 3. The van der Waals surface area contributed by atoms with Gasteiger partial charge in [0.1, 0.15) is 28.9 Å². The van der Waals surface area contributed by atoms with E-state index in [2.05, 4.69) is 13.2 Å². The molecule has 0 aliphatic heterocycles. The van der Waals surface area contributed by atoms with E-state index in [4.69, 9.17) is 23.7 Å². The largest absolute Gasteiger partial charge is 0.494 e. The smallest absolute Gasteiger partial charge is 0.420 e. The Kier molecular flexibility index (Phi) is 11.6. The summed E-state index contributed by atoms with van der Waals surface area (Å²) in [5.41, 5.74) is 0.460. The molecule has 0 spiro atoms. The summed E-state index contributed by atoms with van der Waals surface area (Å²) < 4.78 is 68.0. The average Bonchev–Trinajstić information content (AvgIpc) is 3.06. The van der Waals surface area contributed by atoms with Gasteiger partial charge >= 0.3 is 30.1 Å².